The molecule has 138 valence electrons. The van der Waals surface area contributed by atoms with Crippen molar-refractivity contribution in [3.8, 4) is 0 Å². The first-order valence-corrected chi connectivity index (χ1v) is 7.95. The summed E-state index contributed by atoms with van der Waals surface area (Å²) in [4.78, 5) is 22.8. The van der Waals surface area contributed by atoms with Crippen LogP contribution in [0.15, 0.2) is 48.5 Å². The molecule has 1 unspecified atom stereocenters. The zero-order valence-electron chi connectivity index (χ0n) is 14.0. The monoisotopic (exact) mass is 365 g/mol. The van der Waals surface area contributed by atoms with Crippen molar-refractivity contribution < 1.29 is 27.9 Å². The van der Waals surface area contributed by atoms with Crippen LogP contribution in [0, 0.1) is 0 Å². The third kappa shape index (κ3) is 5.34. The Hall–Kier alpha value is -2.83. The van der Waals surface area contributed by atoms with Gasteiger partial charge in [-0.25, -0.2) is 4.79 Å². The van der Waals surface area contributed by atoms with E-state index in [0.29, 0.717) is 12.0 Å². The van der Waals surface area contributed by atoms with Gasteiger partial charge in [0.05, 0.1) is 17.2 Å². The number of aryl methyl sites for hydroxylation is 1. The lowest BCUT2D eigenvalue weighted by atomic mass is 10.0. The lowest BCUT2D eigenvalue weighted by Gasteiger charge is -2.16. The lowest BCUT2D eigenvalue weighted by Crippen LogP contribution is -2.27. The molecule has 26 heavy (non-hydrogen) atoms. The van der Waals surface area contributed by atoms with Crippen molar-refractivity contribution in [2.24, 2.45) is 0 Å². The van der Waals surface area contributed by atoms with Crippen molar-refractivity contribution in [2.45, 2.75) is 32.0 Å². The molecule has 1 amide bonds. The summed E-state index contributed by atoms with van der Waals surface area (Å²) < 4.78 is 38.3. The van der Waals surface area contributed by atoms with Crippen molar-refractivity contribution in [2.75, 3.05) is 0 Å². The topological polar surface area (TPSA) is 66.4 Å². The summed E-state index contributed by atoms with van der Waals surface area (Å²) in [5, 5.41) is 11.5. The Morgan fingerprint density at radius 1 is 1.12 bits per heavy atom. The molecule has 0 fully saturated rings. The molecule has 2 aromatic rings. The summed E-state index contributed by atoms with van der Waals surface area (Å²) in [5.74, 6) is -1.32. The normalized spacial score (nSPS) is 12.5. The Kier molecular flexibility index (Phi) is 6.02. The van der Waals surface area contributed by atoms with E-state index >= 15 is 0 Å². The molecule has 0 radical (unpaired) electrons. The Morgan fingerprint density at radius 2 is 1.77 bits per heavy atom. The van der Waals surface area contributed by atoms with E-state index in [1.165, 1.54) is 24.3 Å². The molecule has 4 nitrogen and oxygen atoms in total. The van der Waals surface area contributed by atoms with Gasteiger partial charge in [0, 0.05) is 6.42 Å². The van der Waals surface area contributed by atoms with Crippen LogP contribution in [0.4, 0.5) is 13.2 Å². The van der Waals surface area contributed by atoms with Gasteiger partial charge in [-0.2, -0.15) is 13.2 Å². The fourth-order valence-electron chi connectivity index (χ4n) is 2.45. The van der Waals surface area contributed by atoms with Gasteiger partial charge < -0.3 is 10.4 Å². The fourth-order valence-corrected chi connectivity index (χ4v) is 2.45. The van der Waals surface area contributed by atoms with Crippen LogP contribution in [0.2, 0.25) is 0 Å². The second-order valence-corrected chi connectivity index (χ2v) is 5.91. The zero-order chi connectivity index (χ0) is 19.3. The minimum absolute atomic E-state index is 0.149. The largest absolute Gasteiger partial charge is 0.478 e. The van der Waals surface area contributed by atoms with Gasteiger partial charge >= 0.3 is 12.1 Å². The number of alkyl halides is 3. The lowest BCUT2D eigenvalue weighted by molar-refractivity contribution is -0.137. The molecule has 0 spiro atoms. The molecule has 0 aliphatic heterocycles. The van der Waals surface area contributed by atoms with Gasteiger partial charge in [-0.05, 0) is 48.7 Å². The van der Waals surface area contributed by atoms with Crippen LogP contribution in [-0.2, 0) is 17.4 Å². The molecule has 2 rings (SSSR count). The van der Waals surface area contributed by atoms with Crippen LogP contribution in [0.5, 0.6) is 0 Å². The van der Waals surface area contributed by atoms with Crippen molar-refractivity contribution in [1.29, 1.82) is 0 Å². The highest BCUT2D eigenvalue weighted by Crippen LogP contribution is 2.30. The molecule has 0 bridgehead atoms. The van der Waals surface area contributed by atoms with E-state index in [4.69, 9.17) is 5.11 Å². The first-order valence-electron chi connectivity index (χ1n) is 7.95. The Bertz CT molecular complexity index is 785. The first-order chi connectivity index (χ1) is 12.2. The van der Waals surface area contributed by atoms with Crippen molar-refractivity contribution in [3.63, 3.8) is 0 Å². The van der Waals surface area contributed by atoms with E-state index in [-0.39, 0.29) is 17.9 Å². The van der Waals surface area contributed by atoms with Crippen LogP contribution < -0.4 is 5.32 Å². The molecular weight excluding hydrogens is 347 g/mol. The molecule has 7 heteroatoms. The van der Waals surface area contributed by atoms with Crippen LogP contribution in [0.3, 0.4) is 0 Å². The molecule has 0 heterocycles. The molecule has 0 aromatic heterocycles. The molecule has 0 aliphatic carbocycles. The number of carboxylic acids is 1. The number of hydrogen-bond acceptors (Lipinski definition) is 2. The van der Waals surface area contributed by atoms with Gasteiger partial charge in [-0.1, -0.05) is 24.3 Å². The number of halogens is 3. The minimum Gasteiger partial charge on any atom is -0.478 e. The number of hydrogen-bond donors (Lipinski definition) is 2. The summed E-state index contributed by atoms with van der Waals surface area (Å²) in [7, 11) is 0. The van der Waals surface area contributed by atoms with Crippen LogP contribution in [0.25, 0.3) is 0 Å². The second kappa shape index (κ2) is 8.03. The maximum absolute atomic E-state index is 12.8. The smallest absolute Gasteiger partial charge is 0.416 e. The Balaban J connectivity index is 1.92. The maximum atomic E-state index is 12.8. The van der Waals surface area contributed by atoms with Gasteiger partial charge in [0.2, 0.25) is 5.91 Å². The number of carbonyl (C=O) groups excluding carboxylic acids is 1. The van der Waals surface area contributed by atoms with Crippen LogP contribution in [0.1, 0.15) is 46.4 Å². The second-order valence-electron chi connectivity index (χ2n) is 5.91. The quantitative estimate of drug-likeness (QED) is 0.806. The van der Waals surface area contributed by atoms with E-state index in [2.05, 4.69) is 5.32 Å². The average molecular weight is 365 g/mol. The van der Waals surface area contributed by atoms with Gasteiger partial charge in [0.25, 0.3) is 0 Å². The number of aromatic carboxylic acids is 1. The SMILES string of the molecule is CC(NC(=O)CCc1ccc(C(=O)O)cc1)c1cccc(C(F)(F)F)c1. The highest BCUT2D eigenvalue weighted by atomic mass is 19.4. The molecule has 2 aromatic carbocycles. The van der Waals surface area contributed by atoms with E-state index in [1.807, 2.05) is 0 Å². The minimum atomic E-state index is -4.43. The van der Waals surface area contributed by atoms with Crippen LogP contribution >= 0.6 is 0 Å². The number of benzene rings is 2. The Morgan fingerprint density at radius 3 is 2.35 bits per heavy atom. The van der Waals surface area contributed by atoms with Crippen molar-refractivity contribution in [1.82, 2.24) is 5.32 Å². The molecule has 0 aliphatic rings. The number of amides is 1. The molecule has 0 saturated heterocycles. The standard InChI is InChI=1S/C19H18F3NO3/c1-12(15-3-2-4-16(11-15)19(20,21)22)23-17(24)10-7-13-5-8-14(9-6-13)18(25)26/h2-6,8-9,11-12H,7,10H2,1H3,(H,23,24)(H,25,26). The van der Waals surface area contributed by atoms with Gasteiger partial charge in [0.15, 0.2) is 0 Å². The average Bonchev–Trinajstić information content (AvgIpc) is 2.59. The summed E-state index contributed by atoms with van der Waals surface area (Å²) in [6.45, 7) is 1.62. The highest BCUT2D eigenvalue weighted by Gasteiger charge is 2.30. The molecular formula is C19H18F3NO3. The first kappa shape index (κ1) is 19.5. The predicted molar refractivity (Wildman–Crippen MR) is 89.7 cm³/mol. The predicted octanol–water partition coefficient (Wildman–Crippen LogP) is 4.21. The van der Waals surface area contributed by atoms with Gasteiger partial charge in [0.1, 0.15) is 0 Å². The number of rotatable bonds is 6. The van der Waals surface area contributed by atoms with E-state index in [1.54, 1.807) is 19.1 Å². The number of carbonyl (C=O) groups is 2. The van der Waals surface area contributed by atoms with Gasteiger partial charge in [-0.3, -0.25) is 4.79 Å². The zero-order valence-corrected chi connectivity index (χ0v) is 14.0. The van der Waals surface area contributed by atoms with E-state index in [9.17, 15) is 22.8 Å². The third-order valence-electron chi connectivity index (χ3n) is 3.93. The summed E-state index contributed by atoms with van der Waals surface area (Å²) >= 11 is 0. The number of nitrogens with one attached hydrogen (secondary N) is 1. The number of carboxylic acid groups (broad SMARTS) is 1. The maximum Gasteiger partial charge on any atom is 0.416 e. The van der Waals surface area contributed by atoms with Crippen molar-refractivity contribution >= 4 is 11.9 Å². The van der Waals surface area contributed by atoms with Crippen LogP contribution in [-0.4, -0.2) is 17.0 Å². The fraction of sp³-hybridized carbons (Fsp3) is 0.263. The van der Waals surface area contributed by atoms with E-state index in [0.717, 1.165) is 17.7 Å². The molecule has 1 atom stereocenters. The third-order valence-corrected chi connectivity index (χ3v) is 3.93. The summed E-state index contributed by atoms with van der Waals surface area (Å²) in [6.07, 6.45) is -3.88. The Labute approximate surface area is 148 Å². The molecule has 2 N–H and O–H groups in total. The molecule has 0 saturated carbocycles. The summed E-state index contributed by atoms with van der Waals surface area (Å²) in [6, 6.07) is 10.5. The highest BCUT2D eigenvalue weighted by molar-refractivity contribution is 5.87. The van der Waals surface area contributed by atoms with Gasteiger partial charge in [-0.15, -0.1) is 0 Å². The van der Waals surface area contributed by atoms with Crippen molar-refractivity contribution in [3.05, 3.63) is 70.8 Å². The summed E-state index contributed by atoms with van der Waals surface area (Å²) in [5.41, 5.74) is 0.585. The van der Waals surface area contributed by atoms with E-state index < -0.39 is 23.8 Å².